The minimum atomic E-state index is -0.0244. The van der Waals surface area contributed by atoms with Crippen molar-refractivity contribution in [2.24, 2.45) is 5.92 Å². The standard InChI is InChI=1S/C26H27ClN4O/c1-4-17(2)11-21-12-22(27)9-10-23(21)24-13-25-26(32)30(15-18(3)31(25)29-24)16-20-7-5-19(14-28)6-8-20/h5-10,12-13,17-18H,4,11,15-16H2,1-3H3/t17?,18-/m0/s1. The highest BCUT2D eigenvalue weighted by Crippen LogP contribution is 2.32. The van der Waals surface area contributed by atoms with Gasteiger partial charge in [-0.2, -0.15) is 10.4 Å². The van der Waals surface area contributed by atoms with Gasteiger partial charge in [0, 0.05) is 23.7 Å². The molecule has 4 rings (SSSR count). The molecular weight excluding hydrogens is 420 g/mol. The van der Waals surface area contributed by atoms with Gasteiger partial charge in [-0.1, -0.05) is 50.1 Å². The summed E-state index contributed by atoms with van der Waals surface area (Å²) in [6.45, 7) is 7.60. The van der Waals surface area contributed by atoms with Gasteiger partial charge in [-0.25, -0.2) is 0 Å². The van der Waals surface area contributed by atoms with Crippen LogP contribution in [0.25, 0.3) is 11.3 Å². The van der Waals surface area contributed by atoms with Gasteiger partial charge in [0.15, 0.2) is 0 Å². The molecule has 0 spiro atoms. The van der Waals surface area contributed by atoms with Gasteiger partial charge >= 0.3 is 0 Å². The number of nitrogens with zero attached hydrogens (tertiary/aromatic N) is 4. The number of hydrogen-bond acceptors (Lipinski definition) is 3. The second-order valence-corrected chi connectivity index (χ2v) is 9.16. The maximum absolute atomic E-state index is 13.3. The molecule has 0 fully saturated rings. The van der Waals surface area contributed by atoms with Crippen molar-refractivity contribution < 1.29 is 4.79 Å². The van der Waals surface area contributed by atoms with Gasteiger partial charge in [-0.3, -0.25) is 9.48 Å². The summed E-state index contributed by atoms with van der Waals surface area (Å²) < 4.78 is 1.86. The molecule has 0 radical (unpaired) electrons. The summed E-state index contributed by atoms with van der Waals surface area (Å²) in [4.78, 5) is 15.1. The third kappa shape index (κ3) is 4.42. The van der Waals surface area contributed by atoms with Crippen LogP contribution in [0.1, 0.15) is 60.4 Å². The van der Waals surface area contributed by atoms with E-state index in [-0.39, 0.29) is 11.9 Å². The van der Waals surface area contributed by atoms with E-state index in [0.717, 1.165) is 35.2 Å². The fourth-order valence-electron chi connectivity index (χ4n) is 4.21. The summed E-state index contributed by atoms with van der Waals surface area (Å²) in [6.07, 6.45) is 2.01. The highest BCUT2D eigenvalue weighted by molar-refractivity contribution is 6.30. The Morgan fingerprint density at radius 3 is 2.66 bits per heavy atom. The number of carbonyl (C=O) groups excluding carboxylic acids is 1. The lowest BCUT2D eigenvalue weighted by molar-refractivity contribution is 0.0651. The van der Waals surface area contributed by atoms with Crippen molar-refractivity contribution in [3.8, 4) is 17.3 Å². The van der Waals surface area contributed by atoms with Crippen LogP contribution in [-0.4, -0.2) is 27.1 Å². The predicted molar refractivity (Wildman–Crippen MR) is 126 cm³/mol. The molecule has 6 heteroatoms. The normalized spacial score (nSPS) is 16.5. The number of fused-ring (bicyclic) bond motifs is 1. The molecular formula is C26H27ClN4O. The number of benzene rings is 2. The highest BCUT2D eigenvalue weighted by Gasteiger charge is 2.31. The van der Waals surface area contributed by atoms with Crippen molar-refractivity contribution in [3.05, 3.63) is 75.9 Å². The Morgan fingerprint density at radius 1 is 1.22 bits per heavy atom. The molecule has 1 unspecified atom stereocenters. The Bertz CT molecular complexity index is 1180. The van der Waals surface area contributed by atoms with Crippen LogP contribution in [0.5, 0.6) is 0 Å². The van der Waals surface area contributed by atoms with E-state index in [4.69, 9.17) is 22.0 Å². The van der Waals surface area contributed by atoms with E-state index in [1.54, 1.807) is 12.1 Å². The molecule has 2 atom stereocenters. The van der Waals surface area contributed by atoms with Gasteiger partial charge in [0.1, 0.15) is 5.69 Å². The van der Waals surface area contributed by atoms with Gasteiger partial charge in [-0.05, 0) is 60.7 Å². The number of aromatic nitrogens is 2. The van der Waals surface area contributed by atoms with Gasteiger partial charge in [-0.15, -0.1) is 0 Å². The van der Waals surface area contributed by atoms with Crippen molar-refractivity contribution in [1.82, 2.24) is 14.7 Å². The number of carbonyl (C=O) groups is 1. The molecule has 2 aromatic carbocycles. The molecule has 1 amide bonds. The predicted octanol–water partition coefficient (Wildman–Crippen LogP) is 5.88. The number of rotatable bonds is 6. The van der Waals surface area contributed by atoms with Crippen LogP contribution in [0.4, 0.5) is 0 Å². The molecule has 0 bridgehead atoms. The van der Waals surface area contributed by atoms with Gasteiger partial charge in [0.05, 0.1) is 23.4 Å². The first-order chi connectivity index (χ1) is 15.4. The topological polar surface area (TPSA) is 61.9 Å². The second-order valence-electron chi connectivity index (χ2n) is 8.72. The van der Waals surface area contributed by atoms with Crippen molar-refractivity contribution >= 4 is 17.5 Å². The average Bonchev–Trinajstić information content (AvgIpc) is 3.24. The van der Waals surface area contributed by atoms with Crippen LogP contribution < -0.4 is 0 Å². The monoisotopic (exact) mass is 446 g/mol. The molecule has 3 aromatic rings. The smallest absolute Gasteiger partial charge is 0.272 e. The van der Waals surface area contributed by atoms with E-state index in [1.165, 1.54) is 0 Å². The fraction of sp³-hybridized carbons (Fsp3) is 0.346. The Labute approximate surface area is 194 Å². The first-order valence-corrected chi connectivity index (χ1v) is 11.4. The lowest BCUT2D eigenvalue weighted by Gasteiger charge is -2.31. The Hall–Kier alpha value is -3.10. The van der Waals surface area contributed by atoms with E-state index in [1.807, 2.05) is 46.0 Å². The van der Waals surface area contributed by atoms with Crippen LogP contribution in [0.15, 0.2) is 48.5 Å². The van der Waals surface area contributed by atoms with E-state index < -0.39 is 0 Å². The molecule has 0 aliphatic carbocycles. The van der Waals surface area contributed by atoms with Crippen LogP contribution in [-0.2, 0) is 13.0 Å². The molecule has 1 aliphatic rings. The molecule has 5 nitrogen and oxygen atoms in total. The Morgan fingerprint density at radius 2 is 1.97 bits per heavy atom. The van der Waals surface area contributed by atoms with E-state index >= 15 is 0 Å². The average molecular weight is 447 g/mol. The van der Waals surface area contributed by atoms with Crippen LogP contribution in [0.2, 0.25) is 5.02 Å². The zero-order chi connectivity index (χ0) is 22.8. The van der Waals surface area contributed by atoms with E-state index in [0.29, 0.717) is 35.3 Å². The number of amides is 1. The van der Waals surface area contributed by atoms with Gasteiger partial charge in [0.25, 0.3) is 5.91 Å². The molecule has 2 heterocycles. The third-order valence-corrected chi connectivity index (χ3v) is 6.44. The molecule has 1 aliphatic heterocycles. The maximum atomic E-state index is 13.3. The van der Waals surface area contributed by atoms with Crippen LogP contribution in [0, 0.1) is 17.2 Å². The number of nitriles is 1. The first-order valence-electron chi connectivity index (χ1n) is 11.1. The van der Waals surface area contributed by atoms with Crippen molar-refractivity contribution in [2.45, 2.75) is 46.2 Å². The molecule has 0 saturated carbocycles. The van der Waals surface area contributed by atoms with Crippen molar-refractivity contribution in [3.63, 3.8) is 0 Å². The van der Waals surface area contributed by atoms with Gasteiger partial charge < -0.3 is 4.90 Å². The minimum absolute atomic E-state index is 0.0244. The van der Waals surface area contributed by atoms with Crippen molar-refractivity contribution in [1.29, 1.82) is 5.26 Å². The fourth-order valence-corrected chi connectivity index (χ4v) is 4.40. The summed E-state index contributed by atoms with van der Waals surface area (Å²) in [5, 5.41) is 14.5. The highest BCUT2D eigenvalue weighted by atomic mass is 35.5. The number of halogens is 1. The number of hydrogen-bond donors (Lipinski definition) is 0. The maximum Gasteiger partial charge on any atom is 0.272 e. The largest absolute Gasteiger partial charge is 0.331 e. The molecule has 164 valence electrons. The van der Waals surface area contributed by atoms with Crippen molar-refractivity contribution in [2.75, 3.05) is 6.54 Å². The molecule has 1 aromatic heterocycles. The second kappa shape index (κ2) is 9.18. The summed E-state index contributed by atoms with van der Waals surface area (Å²) >= 11 is 6.29. The zero-order valence-electron chi connectivity index (χ0n) is 18.7. The summed E-state index contributed by atoms with van der Waals surface area (Å²) in [6, 6.07) is 17.4. The van der Waals surface area contributed by atoms with E-state index in [9.17, 15) is 4.79 Å². The molecule has 0 saturated heterocycles. The SMILES string of the molecule is CCC(C)Cc1cc(Cl)ccc1-c1cc2n(n1)[C@@H](C)CN(Cc1ccc(C#N)cc1)C2=O. The van der Waals surface area contributed by atoms with Crippen LogP contribution in [0.3, 0.4) is 0 Å². The molecule has 0 N–H and O–H groups in total. The third-order valence-electron chi connectivity index (χ3n) is 6.21. The molecule has 32 heavy (non-hydrogen) atoms. The first kappa shape index (κ1) is 22.1. The summed E-state index contributed by atoms with van der Waals surface area (Å²) in [7, 11) is 0. The summed E-state index contributed by atoms with van der Waals surface area (Å²) in [5.41, 5.74) is 5.25. The summed E-state index contributed by atoms with van der Waals surface area (Å²) in [5.74, 6) is 0.511. The lowest BCUT2D eigenvalue weighted by atomic mass is 9.94. The van der Waals surface area contributed by atoms with Gasteiger partial charge in [0.2, 0.25) is 0 Å². The quantitative estimate of drug-likeness (QED) is 0.475. The zero-order valence-corrected chi connectivity index (χ0v) is 19.4. The lowest BCUT2D eigenvalue weighted by Crippen LogP contribution is -2.41. The van der Waals surface area contributed by atoms with E-state index in [2.05, 4.69) is 26.8 Å². The van der Waals surface area contributed by atoms with Crippen LogP contribution >= 0.6 is 11.6 Å². The minimum Gasteiger partial charge on any atom is -0.331 e. The Balaban J connectivity index is 1.64. The Kier molecular flexibility index (Phi) is 6.34.